The lowest BCUT2D eigenvalue weighted by molar-refractivity contribution is -0.119. The van der Waals surface area contributed by atoms with Gasteiger partial charge in [0, 0.05) is 52.7 Å². The maximum Gasteiger partial charge on any atom is 0.266 e. The molecule has 36 heavy (non-hydrogen) atoms. The van der Waals surface area contributed by atoms with Crippen molar-refractivity contribution in [3.63, 3.8) is 0 Å². The topological polar surface area (TPSA) is 123 Å². The van der Waals surface area contributed by atoms with Crippen LogP contribution in [0.3, 0.4) is 0 Å². The van der Waals surface area contributed by atoms with Crippen LogP contribution >= 0.6 is 11.3 Å². The number of fused-ring (bicyclic) bond motifs is 1. The average molecular weight is 505 g/mol. The van der Waals surface area contributed by atoms with Gasteiger partial charge in [-0.2, -0.15) is 5.10 Å². The van der Waals surface area contributed by atoms with Crippen molar-refractivity contribution < 1.29 is 14.4 Å². The fourth-order valence-electron chi connectivity index (χ4n) is 4.01. The number of aromatic amines is 2. The van der Waals surface area contributed by atoms with E-state index >= 15 is 0 Å². The number of aromatic nitrogens is 3. The van der Waals surface area contributed by atoms with Crippen molar-refractivity contribution in [2.24, 2.45) is 5.92 Å². The molecule has 4 N–H and O–H groups in total. The monoisotopic (exact) mass is 504 g/mol. The summed E-state index contributed by atoms with van der Waals surface area (Å²) in [6.07, 6.45) is 5.82. The molecule has 1 fully saturated rings. The molecule has 10 heteroatoms. The Balaban J connectivity index is 1.46. The molecule has 0 bridgehead atoms. The van der Waals surface area contributed by atoms with Crippen molar-refractivity contribution in [1.29, 1.82) is 0 Å². The molecular weight excluding hydrogens is 476 g/mol. The quantitative estimate of drug-likeness (QED) is 0.276. The van der Waals surface area contributed by atoms with Gasteiger partial charge in [0.15, 0.2) is 0 Å². The van der Waals surface area contributed by atoms with Gasteiger partial charge in [-0.1, -0.05) is 13.8 Å². The number of hydrogen-bond acceptors (Lipinski definition) is 5. The van der Waals surface area contributed by atoms with E-state index in [9.17, 15) is 14.4 Å². The Labute approximate surface area is 212 Å². The van der Waals surface area contributed by atoms with Crippen LogP contribution in [0.5, 0.6) is 0 Å². The van der Waals surface area contributed by atoms with Gasteiger partial charge in [-0.15, -0.1) is 11.3 Å². The fourth-order valence-corrected chi connectivity index (χ4v) is 4.90. The van der Waals surface area contributed by atoms with Crippen LogP contribution in [-0.4, -0.2) is 46.0 Å². The molecule has 1 aliphatic carbocycles. The third-order valence-electron chi connectivity index (χ3n) is 6.12. The van der Waals surface area contributed by atoms with Crippen LogP contribution in [0.2, 0.25) is 0 Å². The highest BCUT2D eigenvalue weighted by Gasteiger charge is 2.28. The van der Waals surface area contributed by atoms with Crippen LogP contribution in [0.15, 0.2) is 42.7 Å². The Bertz CT molecular complexity index is 1430. The van der Waals surface area contributed by atoms with E-state index in [-0.39, 0.29) is 29.7 Å². The minimum absolute atomic E-state index is 0.0160. The number of H-pyrrole nitrogens is 2. The van der Waals surface area contributed by atoms with E-state index in [1.807, 2.05) is 38.1 Å². The standard InChI is InChI=1S/C26H28N6O3S/c1-14(2)10-22(33)32(3)17-6-7-18-19(11-17)30-24(23(18)26(35)29-16-4-5-16)31-25(34)21-9-8-20(36-21)15-12-27-28-13-15/h6-9,11-14,16,30H,4-5,10H2,1-3H3,(H,27,28)(H,29,35)(H,31,34). The third kappa shape index (κ3) is 4.90. The second-order valence-electron chi connectivity index (χ2n) is 9.51. The van der Waals surface area contributed by atoms with Crippen molar-refractivity contribution in [1.82, 2.24) is 20.5 Å². The first-order chi connectivity index (χ1) is 17.3. The van der Waals surface area contributed by atoms with Gasteiger partial charge in [0.05, 0.1) is 16.6 Å². The van der Waals surface area contributed by atoms with E-state index in [2.05, 4.69) is 25.8 Å². The van der Waals surface area contributed by atoms with Gasteiger partial charge >= 0.3 is 0 Å². The summed E-state index contributed by atoms with van der Waals surface area (Å²) in [6, 6.07) is 9.26. The zero-order valence-electron chi connectivity index (χ0n) is 20.3. The van der Waals surface area contributed by atoms with Crippen molar-refractivity contribution in [2.75, 3.05) is 17.3 Å². The lowest BCUT2D eigenvalue weighted by atomic mass is 10.1. The molecule has 9 nitrogen and oxygen atoms in total. The highest BCUT2D eigenvalue weighted by atomic mass is 32.1. The molecule has 0 radical (unpaired) electrons. The number of thiophene rings is 1. The molecule has 3 amide bonds. The highest BCUT2D eigenvalue weighted by molar-refractivity contribution is 7.17. The molecule has 0 atom stereocenters. The number of hydrogen-bond donors (Lipinski definition) is 4. The van der Waals surface area contributed by atoms with Gasteiger partial charge in [-0.05, 0) is 49.1 Å². The van der Waals surface area contributed by atoms with Crippen molar-refractivity contribution in [3.05, 3.63) is 53.2 Å². The van der Waals surface area contributed by atoms with E-state index < -0.39 is 0 Å². The molecule has 186 valence electrons. The molecule has 1 aromatic carbocycles. The Morgan fingerprint density at radius 1 is 1.17 bits per heavy atom. The number of anilines is 2. The summed E-state index contributed by atoms with van der Waals surface area (Å²) in [5.41, 5.74) is 2.67. The second kappa shape index (κ2) is 9.62. The second-order valence-corrected chi connectivity index (χ2v) is 10.6. The van der Waals surface area contributed by atoms with E-state index in [1.54, 1.807) is 30.4 Å². The molecule has 5 rings (SSSR count). The maximum absolute atomic E-state index is 13.2. The third-order valence-corrected chi connectivity index (χ3v) is 7.25. The van der Waals surface area contributed by atoms with Gasteiger partial charge in [0.2, 0.25) is 5.91 Å². The van der Waals surface area contributed by atoms with Gasteiger partial charge in [-0.3, -0.25) is 19.5 Å². The van der Waals surface area contributed by atoms with E-state index in [0.717, 1.165) is 23.3 Å². The average Bonchev–Trinajstić information content (AvgIpc) is 3.24. The smallest absolute Gasteiger partial charge is 0.266 e. The summed E-state index contributed by atoms with van der Waals surface area (Å²) in [4.78, 5) is 45.1. The minimum atomic E-state index is -0.314. The number of amides is 3. The van der Waals surface area contributed by atoms with Crippen LogP contribution in [0, 0.1) is 5.92 Å². The zero-order chi connectivity index (χ0) is 25.4. The first-order valence-electron chi connectivity index (χ1n) is 11.9. The summed E-state index contributed by atoms with van der Waals surface area (Å²) >= 11 is 1.34. The van der Waals surface area contributed by atoms with E-state index in [0.29, 0.717) is 39.3 Å². The predicted molar refractivity (Wildman–Crippen MR) is 142 cm³/mol. The number of carbonyl (C=O) groups excluding carboxylic acids is 3. The van der Waals surface area contributed by atoms with E-state index in [4.69, 9.17) is 0 Å². The Morgan fingerprint density at radius 2 is 1.97 bits per heavy atom. The summed E-state index contributed by atoms with van der Waals surface area (Å²) in [5, 5.41) is 13.3. The molecule has 0 unspecified atom stereocenters. The van der Waals surface area contributed by atoms with E-state index in [1.165, 1.54) is 11.3 Å². The molecule has 0 spiro atoms. The number of carbonyl (C=O) groups is 3. The van der Waals surface area contributed by atoms with Crippen molar-refractivity contribution >= 4 is 51.5 Å². The highest BCUT2D eigenvalue weighted by Crippen LogP contribution is 2.33. The molecular formula is C26H28N6O3S. The molecule has 1 saturated carbocycles. The largest absolute Gasteiger partial charge is 0.349 e. The first-order valence-corrected chi connectivity index (χ1v) is 12.7. The number of benzene rings is 1. The Morgan fingerprint density at radius 3 is 2.67 bits per heavy atom. The molecule has 0 saturated heterocycles. The lowest BCUT2D eigenvalue weighted by Crippen LogP contribution is -2.27. The Kier molecular flexibility index (Phi) is 6.36. The van der Waals surface area contributed by atoms with Crippen LogP contribution in [0.1, 0.15) is 53.1 Å². The fraction of sp³-hybridized carbons (Fsp3) is 0.308. The minimum Gasteiger partial charge on any atom is -0.349 e. The van der Waals surface area contributed by atoms with Crippen molar-refractivity contribution in [2.45, 2.75) is 39.2 Å². The van der Waals surface area contributed by atoms with Crippen LogP contribution < -0.4 is 15.5 Å². The molecule has 4 aromatic rings. The van der Waals surface area contributed by atoms with Gasteiger partial charge in [-0.25, -0.2) is 0 Å². The zero-order valence-corrected chi connectivity index (χ0v) is 21.2. The SMILES string of the molecule is CC(C)CC(=O)N(C)c1ccc2c(C(=O)NC3CC3)c(NC(=O)c3ccc(-c4cn[nH]c4)s3)[nH]c2c1. The number of nitrogens with zero attached hydrogens (tertiary/aromatic N) is 2. The van der Waals surface area contributed by atoms with Gasteiger partial charge in [0.1, 0.15) is 5.82 Å². The molecule has 1 aliphatic rings. The first kappa shape index (κ1) is 23.8. The summed E-state index contributed by atoms with van der Waals surface area (Å²) in [6.45, 7) is 4.01. The van der Waals surface area contributed by atoms with Crippen LogP contribution in [0.25, 0.3) is 21.3 Å². The maximum atomic E-state index is 13.2. The van der Waals surface area contributed by atoms with Crippen LogP contribution in [-0.2, 0) is 4.79 Å². The summed E-state index contributed by atoms with van der Waals surface area (Å²) in [5.74, 6) is 0.0505. The molecule has 3 aromatic heterocycles. The van der Waals surface area contributed by atoms with Gasteiger partial charge < -0.3 is 20.5 Å². The van der Waals surface area contributed by atoms with Gasteiger partial charge in [0.25, 0.3) is 11.8 Å². The lowest BCUT2D eigenvalue weighted by Gasteiger charge is -2.18. The number of rotatable bonds is 8. The van der Waals surface area contributed by atoms with Crippen LogP contribution in [0.4, 0.5) is 11.5 Å². The summed E-state index contributed by atoms with van der Waals surface area (Å²) in [7, 11) is 1.74. The Hall–Kier alpha value is -3.92. The molecule has 3 heterocycles. The molecule has 0 aliphatic heterocycles. The normalized spacial score (nSPS) is 13.2. The number of nitrogens with one attached hydrogen (secondary N) is 4. The van der Waals surface area contributed by atoms with Crippen molar-refractivity contribution in [3.8, 4) is 10.4 Å². The predicted octanol–water partition coefficient (Wildman–Crippen LogP) is 4.77. The summed E-state index contributed by atoms with van der Waals surface area (Å²) < 4.78 is 0.